The highest BCUT2D eigenvalue weighted by Crippen LogP contribution is 2.20. The van der Waals surface area contributed by atoms with Crippen LogP contribution in [0.15, 0.2) is 30.3 Å². The van der Waals surface area contributed by atoms with Crippen molar-refractivity contribution in [2.24, 2.45) is 0 Å². The van der Waals surface area contributed by atoms with E-state index in [1.165, 1.54) is 11.3 Å². The molecule has 0 amide bonds. The minimum atomic E-state index is -0.515. The second-order valence-corrected chi connectivity index (χ2v) is 7.97. The van der Waals surface area contributed by atoms with Gasteiger partial charge in [-0.3, -0.25) is 14.5 Å². The quantitative estimate of drug-likeness (QED) is 0.768. The van der Waals surface area contributed by atoms with Gasteiger partial charge in [0.15, 0.2) is 0 Å². The van der Waals surface area contributed by atoms with Crippen molar-refractivity contribution in [1.82, 2.24) is 19.6 Å². The van der Waals surface area contributed by atoms with Crippen molar-refractivity contribution in [3.8, 4) is 5.75 Å². The van der Waals surface area contributed by atoms with Crippen LogP contribution >= 0.6 is 0 Å². The van der Waals surface area contributed by atoms with E-state index in [1.807, 2.05) is 10.7 Å². The van der Waals surface area contributed by atoms with Crippen LogP contribution in [0.1, 0.15) is 36.4 Å². The Labute approximate surface area is 172 Å². The third-order valence-corrected chi connectivity index (χ3v) is 5.65. The van der Waals surface area contributed by atoms with E-state index in [2.05, 4.69) is 39.2 Å². The fraction of sp³-hybridized carbons (Fsp3) is 0.591. The Kier molecular flexibility index (Phi) is 6.82. The largest absolute Gasteiger partial charge is 0.492 e. The van der Waals surface area contributed by atoms with Gasteiger partial charge >= 0.3 is 0 Å². The van der Waals surface area contributed by atoms with Gasteiger partial charge in [0.1, 0.15) is 12.4 Å². The van der Waals surface area contributed by atoms with Gasteiger partial charge in [-0.15, -0.1) is 0 Å². The van der Waals surface area contributed by atoms with Crippen molar-refractivity contribution in [2.45, 2.75) is 39.1 Å². The van der Waals surface area contributed by atoms with Gasteiger partial charge in [-0.25, -0.2) is 0 Å². The molecule has 4 rings (SSSR count). The van der Waals surface area contributed by atoms with Crippen molar-refractivity contribution >= 4 is 0 Å². The first-order chi connectivity index (χ1) is 14.2. The smallest absolute Gasteiger partial charge is 0.119 e. The van der Waals surface area contributed by atoms with E-state index in [1.54, 1.807) is 6.92 Å². The van der Waals surface area contributed by atoms with E-state index in [-0.39, 0.29) is 0 Å². The molecule has 7 nitrogen and oxygen atoms in total. The van der Waals surface area contributed by atoms with Crippen LogP contribution in [0.2, 0.25) is 0 Å². The topological polar surface area (TPSA) is 63.0 Å². The Morgan fingerprint density at radius 1 is 1.10 bits per heavy atom. The number of aliphatic hydroxyl groups is 1. The van der Waals surface area contributed by atoms with Crippen molar-refractivity contribution in [3.05, 3.63) is 47.3 Å². The second-order valence-electron chi connectivity index (χ2n) is 7.97. The normalized spacial score (nSPS) is 19.5. The number of hydrogen-bond donors (Lipinski definition) is 1. The molecule has 1 aromatic carbocycles. The van der Waals surface area contributed by atoms with Gasteiger partial charge < -0.3 is 14.6 Å². The zero-order chi connectivity index (χ0) is 20.1. The van der Waals surface area contributed by atoms with E-state index < -0.39 is 6.10 Å². The highest BCUT2D eigenvalue weighted by Gasteiger charge is 2.18. The molecule has 1 fully saturated rings. The summed E-state index contributed by atoms with van der Waals surface area (Å²) in [6.45, 7) is 10.8. The zero-order valence-corrected chi connectivity index (χ0v) is 17.3. The maximum Gasteiger partial charge on any atom is 0.119 e. The minimum absolute atomic E-state index is 0.515. The number of benzene rings is 1. The number of rotatable bonds is 7. The van der Waals surface area contributed by atoms with Gasteiger partial charge in [0.05, 0.1) is 30.7 Å². The number of nitrogens with zero attached hydrogens (tertiary/aromatic N) is 4. The fourth-order valence-electron chi connectivity index (χ4n) is 3.96. The molecule has 2 aromatic rings. The van der Waals surface area contributed by atoms with Crippen LogP contribution in [0.4, 0.5) is 0 Å². The lowest BCUT2D eigenvalue weighted by atomic mass is 10.2. The third kappa shape index (κ3) is 5.57. The monoisotopic (exact) mass is 400 g/mol. The summed E-state index contributed by atoms with van der Waals surface area (Å²) in [6.07, 6.45) is 0.551. The first kappa shape index (κ1) is 20.3. The number of aliphatic hydroxyl groups excluding tert-OH is 1. The molecule has 1 aromatic heterocycles. The summed E-state index contributed by atoms with van der Waals surface area (Å²) in [5.41, 5.74) is 3.23. The van der Waals surface area contributed by atoms with E-state index >= 15 is 0 Å². The molecule has 2 aliphatic heterocycles. The Hall–Kier alpha value is -1.93. The van der Waals surface area contributed by atoms with Crippen LogP contribution in [0.25, 0.3) is 0 Å². The predicted molar refractivity (Wildman–Crippen MR) is 111 cm³/mol. The molecule has 0 radical (unpaired) electrons. The van der Waals surface area contributed by atoms with Crippen LogP contribution in [0.5, 0.6) is 5.75 Å². The summed E-state index contributed by atoms with van der Waals surface area (Å²) in [5.74, 6) is 0.928. The Bertz CT molecular complexity index is 769. The average molecular weight is 401 g/mol. The fourth-order valence-corrected chi connectivity index (χ4v) is 3.96. The molecule has 29 heavy (non-hydrogen) atoms. The summed E-state index contributed by atoms with van der Waals surface area (Å²) < 4.78 is 13.3. The van der Waals surface area contributed by atoms with Crippen LogP contribution in [0, 0.1) is 0 Å². The molecule has 1 N–H and O–H groups in total. The number of fused-ring (bicyclic) bond motifs is 1. The molecule has 158 valence electrons. The summed E-state index contributed by atoms with van der Waals surface area (Å²) in [6, 6.07) is 10.5. The number of aromatic nitrogens is 2. The van der Waals surface area contributed by atoms with Crippen LogP contribution in [0.3, 0.4) is 0 Å². The molecular formula is C22H32N4O3. The van der Waals surface area contributed by atoms with E-state index in [4.69, 9.17) is 9.47 Å². The summed E-state index contributed by atoms with van der Waals surface area (Å²) >= 11 is 0. The number of ether oxygens (including phenoxy) is 2. The molecule has 0 aliphatic carbocycles. The van der Waals surface area contributed by atoms with Gasteiger partial charge in [0, 0.05) is 45.8 Å². The predicted octanol–water partition coefficient (Wildman–Crippen LogP) is 2.05. The molecule has 2 aliphatic rings. The van der Waals surface area contributed by atoms with E-state index in [9.17, 15) is 5.11 Å². The molecule has 7 heteroatoms. The van der Waals surface area contributed by atoms with Gasteiger partial charge in [-0.2, -0.15) is 5.10 Å². The summed E-state index contributed by atoms with van der Waals surface area (Å²) in [4.78, 5) is 4.82. The second kappa shape index (κ2) is 9.71. The third-order valence-electron chi connectivity index (χ3n) is 5.65. The van der Waals surface area contributed by atoms with Crippen LogP contribution in [-0.4, -0.2) is 70.7 Å². The first-order valence-electron chi connectivity index (χ1n) is 10.7. The van der Waals surface area contributed by atoms with E-state index in [0.717, 1.165) is 76.9 Å². The molecule has 0 unspecified atom stereocenters. The van der Waals surface area contributed by atoms with Crippen molar-refractivity contribution in [3.63, 3.8) is 0 Å². The summed E-state index contributed by atoms with van der Waals surface area (Å²) in [5, 5.41) is 14.3. The number of aryl methyl sites for hydroxylation is 1. The van der Waals surface area contributed by atoms with E-state index in [0.29, 0.717) is 6.61 Å². The van der Waals surface area contributed by atoms with Crippen LogP contribution in [-0.2, 0) is 24.4 Å². The highest BCUT2D eigenvalue weighted by atomic mass is 16.5. The maximum atomic E-state index is 9.80. The molecule has 1 atom stereocenters. The highest BCUT2D eigenvalue weighted by molar-refractivity contribution is 5.27. The molecule has 0 saturated carbocycles. The molecular weight excluding hydrogens is 368 g/mol. The van der Waals surface area contributed by atoms with Gasteiger partial charge in [-0.1, -0.05) is 12.1 Å². The minimum Gasteiger partial charge on any atom is -0.492 e. The Balaban J connectivity index is 1.27. The number of morpholine rings is 1. The lowest BCUT2D eigenvalue weighted by Crippen LogP contribution is -2.38. The Morgan fingerprint density at radius 3 is 2.66 bits per heavy atom. The zero-order valence-electron chi connectivity index (χ0n) is 17.3. The molecule has 0 bridgehead atoms. The standard InChI is InChI=1S/C22H32N4O3/c1-18(27)22-15-20-17-25(7-2-8-26(20)23-22)16-19-3-5-21(6-4-19)29-14-11-24-9-12-28-13-10-24/h3-6,15,18,27H,2,7-14,16-17H2,1H3/t18-/m1/s1. The van der Waals surface area contributed by atoms with Gasteiger partial charge in [0.25, 0.3) is 0 Å². The Morgan fingerprint density at radius 2 is 1.90 bits per heavy atom. The maximum absolute atomic E-state index is 9.80. The van der Waals surface area contributed by atoms with Gasteiger partial charge in [0.2, 0.25) is 0 Å². The van der Waals surface area contributed by atoms with Crippen molar-refractivity contribution < 1.29 is 14.6 Å². The lowest BCUT2D eigenvalue weighted by molar-refractivity contribution is 0.0322. The lowest BCUT2D eigenvalue weighted by Gasteiger charge is -2.26. The van der Waals surface area contributed by atoms with Crippen molar-refractivity contribution in [1.29, 1.82) is 0 Å². The average Bonchev–Trinajstić information content (AvgIpc) is 3.04. The van der Waals surface area contributed by atoms with Crippen LogP contribution < -0.4 is 4.74 Å². The first-order valence-corrected chi connectivity index (χ1v) is 10.7. The van der Waals surface area contributed by atoms with Crippen molar-refractivity contribution in [2.75, 3.05) is 46.0 Å². The summed E-state index contributed by atoms with van der Waals surface area (Å²) in [7, 11) is 0. The molecule has 3 heterocycles. The van der Waals surface area contributed by atoms with Gasteiger partial charge in [-0.05, 0) is 37.1 Å². The number of hydrogen-bond acceptors (Lipinski definition) is 6. The molecule has 0 spiro atoms. The SMILES string of the molecule is C[C@@H](O)c1cc2n(n1)CCCN(Cc1ccc(OCCN3CCOCC3)cc1)C2. The molecule has 1 saturated heterocycles.